The zero-order valence-corrected chi connectivity index (χ0v) is 30.8. The van der Waals surface area contributed by atoms with Gasteiger partial charge in [-0.25, -0.2) is 0 Å². The molecule has 245 valence electrons. The Morgan fingerprint density at radius 2 is 1.10 bits per heavy atom. The fraction of sp³-hybridized carbons (Fsp3) is 0.378. The van der Waals surface area contributed by atoms with Crippen LogP contribution in [0, 0.1) is 0 Å². The standard InChI is InChI=1S/C45H49O2Si/c1-28-24-38-34(30-16-18-40-32(26-30)20-22-44(40,3)46-5)12-8-10-14-36(38)42(28)48(7)43-29(2)25-39-35(13-9-11-15-37(39)43)31-17-19-41-33(27-31)21-23-45(41,4)47-6/h8-9,12-19,24-27,34-35H,10-11,20-23H2,1-7H3. The second-order valence-electron chi connectivity index (χ2n) is 15.2. The Kier molecular flexibility index (Phi) is 7.82. The maximum Gasteiger partial charge on any atom is 0.120 e. The summed E-state index contributed by atoms with van der Waals surface area (Å²) in [7, 11) is 2.66. The molecule has 0 aliphatic heterocycles. The van der Waals surface area contributed by atoms with Crippen molar-refractivity contribution in [3.8, 4) is 0 Å². The second-order valence-corrected chi connectivity index (χ2v) is 17.4. The predicted octanol–water partition coefficient (Wildman–Crippen LogP) is 10.7. The molecule has 0 amide bonds. The molecule has 6 aliphatic carbocycles. The van der Waals surface area contributed by atoms with E-state index in [1.807, 2.05) is 14.2 Å². The van der Waals surface area contributed by atoms with E-state index in [9.17, 15) is 0 Å². The van der Waals surface area contributed by atoms with Gasteiger partial charge >= 0.3 is 0 Å². The maximum absolute atomic E-state index is 5.96. The highest BCUT2D eigenvalue weighted by Gasteiger charge is 2.39. The summed E-state index contributed by atoms with van der Waals surface area (Å²) >= 11 is 0. The van der Waals surface area contributed by atoms with E-state index in [1.54, 1.807) is 10.4 Å². The number of rotatable bonds is 6. The van der Waals surface area contributed by atoms with E-state index in [-0.39, 0.29) is 23.0 Å². The molecule has 2 nitrogen and oxygen atoms in total. The van der Waals surface area contributed by atoms with Gasteiger partial charge in [-0.3, -0.25) is 0 Å². The third-order valence-electron chi connectivity index (χ3n) is 12.4. The lowest BCUT2D eigenvalue weighted by atomic mass is 9.86. The average Bonchev–Trinajstić information content (AvgIpc) is 3.72. The average molecular weight is 650 g/mol. The Labute approximate surface area is 289 Å². The summed E-state index contributed by atoms with van der Waals surface area (Å²) in [5.74, 6) is 0.553. The first-order valence-electron chi connectivity index (χ1n) is 18.0. The highest BCUT2D eigenvalue weighted by molar-refractivity contribution is 6.75. The molecule has 0 fully saturated rings. The minimum absolute atomic E-state index is 0.164. The summed E-state index contributed by atoms with van der Waals surface area (Å²) in [5.41, 5.74) is 17.0. The van der Waals surface area contributed by atoms with E-state index in [0.29, 0.717) is 0 Å². The van der Waals surface area contributed by atoms with Crippen molar-refractivity contribution in [2.45, 2.75) is 95.8 Å². The predicted molar refractivity (Wildman–Crippen MR) is 201 cm³/mol. The molecule has 2 aromatic rings. The van der Waals surface area contributed by atoms with Crippen molar-refractivity contribution >= 4 is 8.80 Å². The number of ether oxygens (including phenoxy) is 2. The molecule has 0 aromatic heterocycles. The Hall–Kier alpha value is -3.50. The molecule has 0 saturated heterocycles. The zero-order chi connectivity index (χ0) is 33.4. The number of hydrogen-bond donors (Lipinski definition) is 0. The van der Waals surface area contributed by atoms with Crippen LogP contribution in [0.25, 0.3) is 0 Å². The quantitative estimate of drug-likeness (QED) is 0.229. The van der Waals surface area contributed by atoms with Crippen molar-refractivity contribution in [3.05, 3.63) is 162 Å². The van der Waals surface area contributed by atoms with Gasteiger partial charge in [-0.15, -0.1) is 0 Å². The molecule has 48 heavy (non-hydrogen) atoms. The maximum atomic E-state index is 5.96. The van der Waals surface area contributed by atoms with Gasteiger partial charge in [0.05, 0.1) is 11.2 Å². The van der Waals surface area contributed by atoms with Crippen molar-refractivity contribution < 1.29 is 9.47 Å². The van der Waals surface area contributed by atoms with E-state index in [1.165, 1.54) is 66.8 Å². The van der Waals surface area contributed by atoms with Crippen LogP contribution >= 0.6 is 0 Å². The molecular formula is C45H49O2Si. The lowest BCUT2D eigenvalue weighted by molar-refractivity contribution is 0.00364. The lowest BCUT2D eigenvalue weighted by Crippen LogP contribution is -2.21. The zero-order valence-electron chi connectivity index (χ0n) is 29.8. The fourth-order valence-electron chi connectivity index (χ4n) is 9.64. The highest BCUT2D eigenvalue weighted by Crippen LogP contribution is 2.50. The Bertz CT molecular complexity index is 1830. The largest absolute Gasteiger partial charge is 0.374 e. The number of allylic oxidation sites excluding steroid dienone is 16. The molecule has 3 heteroatoms. The van der Waals surface area contributed by atoms with Gasteiger partial charge in [-0.2, -0.15) is 0 Å². The third kappa shape index (κ3) is 4.88. The smallest absolute Gasteiger partial charge is 0.120 e. The summed E-state index contributed by atoms with van der Waals surface area (Å²) < 4.78 is 11.9. The monoisotopic (exact) mass is 649 g/mol. The van der Waals surface area contributed by atoms with Gasteiger partial charge in [-0.1, -0.05) is 103 Å². The molecule has 2 aromatic carbocycles. The topological polar surface area (TPSA) is 18.5 Å². The number of benzene rings is 2. The minimum Gasteiger partial charge on any atom is -0.374 e. The minimum atomic E-state index is -1.05. The Morgan fingerprint density at radius 3 is 1.52 bits per heavy atom. The number of aryl methyl sites for hydroxylation is 2. The van der Waals surface area contributed by atoms with Gasteiger partial charge in [-0.05, 0) is 132 Å². The second kappa shape index (κ2) is 11.8. The van der Waals surface area contributed by atoms with Gasteiger partial charge in [0.2, 0.25) is 0 Å². The van der Waals surface area contributed by atoms with Crippen LogP contribution in [0.1, 0.15) is 98.6 Å². The van der Waals surface area contributed by atoms with Crippen LogP contribution in [0.4, 0.5) is 0 Å². The van der Waals surface area contributed by atoms with Gasteiger partial charge in [0.25, 0.3) is 0 Å². The molecule has 0 spiro atoms. The fourth-order valence-corrected chi connectivity index (χ4v) is 12.5. The Balaban J connectivity index is 1.08. The van der Waals surface area contributed by atoms with Gasteiger partial charge in [0, 0.05) is 26.1 Å². The molecule has 0 heterocycles. The van der Waals surface area contributed by atoms with Crippen molar-refractivity contribution in [1.29, 1.82) is 0 Å². The van der Waals surface area contributed by atoms with Crippen LogP contribution in [-0.2, 0) is 33.5 Å². The normalized spacial score (nSPS) is 28.9. The summed E-state index contributed by atoms with van der Waals surface area (Å²) in [6.45, 7) is 11.8. The lowest BCUT2D eigenvalue weighted by Gasteiger charge is -2.26. The van der Waals surface area contributed by atoms with Gasteiger partial charge < -0.3 is 9.47 Å². The Morgan fingerprint density at radius 1 is 0.667 bits per heavy atom. The van der Waals surface area contributed by atoms with Crippen LogP contribution in [-0.4, -0.2) is 23.0 Å². The molecule has 4 unspecified atom stereocenters. The molecule has 0 bridgehead atoms. The first-order chi connectivity index (χ1) is 23.2. The molecular weight excluding hydrogens is 601 g/mol. The van der Waals surface area contributed by atoms with Crippen LogP contribution in [0.2, 0.25) is 6.55 Å². The number of fused-ring (bicyclic) bond motifs is 4. The van der Waals surface area contributed by atoms with E-state index in [0.717, 1.165) is 38.5 Å². The van der Waals surface area contributed by atoms with Gasteiger partial charge in [0.1, 0.15) is 8.80 Å². The van der Waals surface area contributed by atoms with Crippen LogP contribution in [0.3, 0.4) is 0 Å². The molecule has 0 saturated carbocycles. The highest BCUT2D eigenvalue weighted by atomic mass is 28.3. The van der Waals surface area contributed by atoms with Crippen molar-refractivity contribution in [2.75, 3.05) is 14.2 Å². The van der Waals surface area contributed by atoms with Crippen LogP contribution in [0.15, 0.2) is 129 Å². The van der Waals surface area contributed by atoms with E-state index in [4.69, 9.17) is 9.47 Å². The van der Waals surface area contributed by atoms with E-state index in [2.05, 4.69) is 119 Å². The summed E-state index contributed by atoms with van der Waals surface area (Å²) in [4.78, 5) is 0. The number of methoxy groups -OCH3 is 2. The SMILES string of the molecule is COC1(C)CCc2cc(C3C=CCC=C4C3=CC(C)=C4[Si](C)C3=C(C)C=C4C3=CCC=CC4c3ccc4c(c3)CCC4(C)OC)ccc21. The first-order valence-corrected chi connectivity index (χ1v) is 20.0. The molecule has 8 rings (SSSR count). The first kappa shape index (κ1) is 31.7. The van der Waals surface area contributed by atoms with Crippen molar-refractivity contribution in [1.82, 2.24) is 0 Å². The molecule has 6 aliphatic rings. The summed E-state index contributed by atoms with van der Waals surface area (Å²) in [6, 6.07) is 14.4. The van der Waals surface area contributed by atoms with Crippen molar-refractivity contribution in [2.24, 2.45) is 0 Å². The van der Waals surface area contributed by atoms with Crippen molar-refractivity contribution in [3.63, 3.8) is 0 Å². The van der Waals surface area contributed by atoms with Crippen LogP contribution < -0.4 is 0 Å². The number of hydrogen-bond acceptors (Lipinski definition) is 2. The summed E-state index contributed by atoms with van der Waals surface area (Å²) in [6.07, 6.45) is 26.0. The van der Waals surface area contributed by atoms with Crippen LogP contribution in [0.5, 0.6) is 0 Å². The van der Waals surface area contributed by atoms with E-state index >= 15 is 0 Å². The third-order valence-corrected chi connectivity index (χ3v) is 15.3. The summed E-state index contributed by atoms with van der Waals surface area (Å²) in [5, 5.41) is 3.21. The van der Waals surface area contributed by atoms with Gasteiger partial charge in [0.15, 0.2) is 0 Å². The molecule has 0 N–H and O–H groups in total. The molecule has 4 atom stereocenters. The molecule has 1 radical (unpaired) electrons. The van der Waals surface area contributed by atoms with E-state index < -0.39 is 8.80 Å².